The SMILES string of the molecule is CN(C)CCNC(=O)c1ccc(Nc2cccc3cccnc23)cn1. The summed E-state index contributed by atoms with van der Waals surface area (Å²) in [5.74, 6) is -0.166. The highest BCUT2D eigenvalue weighted by molar-refractivity contribution is 5.93. The van der Waals surface area contributed by atoms with Crippen LogP contribution in [0.15, 0.2) is 54.9 Å². The number of carbonyl (C=O) groups is 1. The number of pyridine rings is 2. The van der Waals surface area contributed by atoms with Crippen LogP contribution >= 0.6 is 0 Å². The van der Waals surface area contributed by atoms with E-state index in [-0.39, 0.29) is 5.91 Å². The number of amides is 1. The van der Waals surface area contributed by atoms with Crippen molar-refractivity contribution in [2.45, 2.75) is 0 Å². The zero-order valence-corrected chi connectivity index (χ0v) is 14.4. The summed E-state index contributed by atoms with van der Waals surface area (Å²) < 4.78 is 0. The minimum absolute atomic E-state index is 0.166. The van der Waals surface area contributed by atoms with Crippen LogP contribution in [0.1, 0.15) is 10.5 Å². The summed E-state index contributed by atoms with van der Waals surface area (Å²) in [7, 11) is 3.93. The predicted octanol–water partition coefficient (Wildman–Crippen LogP) is 2.66. The van der Waals surface area contributed by atoms with Gasteiger partial charge in [0.2, 0.25) is 0 Å². The van der Waals surface area contributed by atoms with Gasteiger partial charge in [0.15, 0.2) is 0 Å². The third kappa shape index (κ3) is 4.30. The number of nitrogens with one attached hydrogen (secondary N) is 2. The number of rotatable bonds is 6. The Labute approximate surface area is 146 Å². The van der Waals surface area contributed by atoms with Crippen molar-refractivity contribution in [2.75, 3.05) is 32.5 Å². The van der Waals surface area contributed by atoms with Gasteiger partial charge in [0.25, 0.3) is 5.91 Å². The Morgan fingerprint density at radius 3 is 2.68 bits per heavy atom. The number of hydrogen-bond donors (Lipinski definition) is 2. The van der Waals surface area contributed by atoms with Crippen molar-refractivity contribution >= 4 is 28.2 Å². The Bertz CT molecular complexity index is 856. The highest BCUT2D eigenvalue weighted by Gasteiger charge is 2.07. The Balaban J connectivity index is 1.69. The van der Waals surface area contributed by atoms with Crippen molar-refractivity contribution in [3.05, 3.63) is 60.6 Å². The molecule has 2 aromatic heterocycles. The van der Waals surface area contributed by atoms with Gasteiger partial charge in [0.05, 0.1) is 23.1 Å². The van der Waals surface area contributed by atoms with E-state index in [1.54, 1.807) is 18.5 Å². The molecule has 0 unspecified atom stereocenters. The summed E-state index contributed by atoms with van der Waals surface area (Å²) in [5.41, 5.74) is 3.02. The number of anilines is 2. The first-order valence-electron chi connectivity index (χ1n) is 8.13. The molecule has 3 rings (SSSR count). The minimum atomic E-state index is -0.166. The predicted molar refractivity (Wildman–Crippen MR) is 100 cm³/mol. The van der Waals surface area contributed by atoms with Crippen LogP contribution in [-0.4, -0.2) is 48.0 Å². The standard InChI is InChI=1S/C19H21N5O/c1-24(2)12-11-21-19(25)17-9-8-15(13-22-17)23-16-7-3-5-14-6-4-10-20-18(14)16/h3-10,13,23H,11-12H2,1-2H3,(H,21,25). The molecule has 6 nitrogen and oxygen atoms in total. The van der Waals surface area contributed by atoms with Crippen LogP contribution in [0.5, 0.6) is 0 Å². The van der Waals surface area contributed by atoms with Gasteiger partial charge in [-0.2, -0.15) is 0 Å². The van der Waals surface area contributed by atoms with E-state index in [0.717, 1.165) is 28.8 Å². The van der Waals surface area contributed by atoms with Crippen molar-refractivity contribution in [1.82, 2.24) is 20.2 Å². The van der Waals surface area contributed by atoms with Crippen molar-refractivity contribution in [3.63, 3.8) is 0 Å². The van der Waals surface area contributed by atoms with Crippen LogP contribution in [0.2, 0.25) is 0 Å². The molecule has 25 heavy (non-hydrogen) atoms. The van der Waals surface area contributed by atoms with E-state index in [9.17, 15) is 4.79 Å². The second-order valence-corrected chi connectivity index (χ2v) is 6.00. The molecule has 0 radical (unpaired) electrons. The number of likely N-dealkylation sites (N-methyl/N-ethyl adjacent to an activating group) is 1. The molecule has 0 bridgehead atoms. The average molecular weight is 335 g/mol. The summed E-state index contributed by atoms with van der Waals surface area (Å²) in [4.78, 5) is 22.7. The molecular weight excluding hydrogens is 314 g/mol. The quantitative estimate of drug-likeness (QED) is 0.725. The molecule has 0 atom stereocenters. The Morgan fingerprint density at radius 1 is 1.08 bits per heavy atom. The Morgan fingerprint density at radius 2 is 1.92 bits per heavy atom. The molecule has 0 aliphatic rings. The number of aromatic nitrogens is 2. The normalized spacial score (nSPS) is 10.8. The number of fused-ring (bicyclic) bond motifs is 1. The van der Waals surface area contributed by atoms with Gasteiger partial charge in [0.1, 0.15) is 5.69 Å². The topological polar surface area (TPSA) is 70.2 Å². The third-order valence-corrected chi connectivity index (χ3v) is 3.75. The van der Waals surface area contributed by atoms with E-state index in [4.69, 9.17) is 0 Å². The maximum Gasteiger partial charge on any atom is 0.269 e. The molecule has 2 heterocycles. The number of nitrogens with zero attached hydrogens (tertiary/aromatic N) is 3. The highest BCUT2D eigenvalue weighted by Crippen LogP contribution is 2.24. The van der Waals surface area contributed by atoms with Gasteiger partial charge in [-0.15, -0.1) is 0 Å². The fraction of sp³-hybridized carbons (Fsp3) is 0.211. The second-order valence-electron chi connectivity index (χ2n) is 6.00. The molecule has 2 N–H and O–H groups in total. The zero-order chi connectivity index (χ0) is 17.6. The van der Waals surface area contributed by atoms with Crippen LogP contribution in [0.3, 0.4) is 0 Å². The fourth-order valence-corrected chi connectivity index (χ4v) is 2.45. The minimum Gasteiger partial charge on any atom is -0.352 e. The monoisotopic (exact) mass is 335 g/mol. The summed E-state index contributed by atoms with van der Waals surface area (Å²) >= 11 is 0. The van der Waals surface area contributed by atoms with Crippen molar-refractivity contribution in [3.8, 4) is 0 Å². The molecule has 0 spiro atoms. The molecular formula is C19H21N5O. The average Bonchev–Trinajstić information content (AvgIpc) is 2.62. The molecule has 0 fully saturated rings. The molecule has 0 aliphatic carbocycles. The maximum atomic E-state index is 12.0. The van der Waals surface area contributed by atoms with Crippen molar-refractivity contribution < 1.29 is 4.79 Å². The van der Waals surface area contributed by atoms with Gasteiger partial charge in [-0.05, 0) is 38.4 Å². The van der Waals surface area contributed by atoms with Crippen LogP contribution in [0, 0.1) is 0 Å². The van der Waals surface area contributed by atoms with E-state index in [2.05, 4.69) is 20.6 Å². The number of carbonyl (C=O) groups excluding carboxylic acids is 1. The fourth-order valence-electron chi connectivity index (χ4n) is 2.45. The van der Waals surface area contributed by atoms with Crippen LogP contribution in [-0.2, 0) is 0 Å². The van der Waals surface area contributed by atoms with E-state index in [1.807, 2.05) is 55.4 Å². The molecule has 1 aromatic carbocycles. The lowest BCUT2D eigenvalue weighted by molar-refractivity contribution is 0.0946. The number of benzene rings is 1. The number of para-hydroxylation sites is 1. The van der Waals surface area contributed by atoms with Gasteiger partial charge >= 0.3 is 0 Å². The summed E-state index contributed by atoms with van der Waals surface area (Å²) in [6, 6.07) is 13.5. The lowest BCUT2D eigenvalue weighted by Crippen LogP contribution is -2.31. The van der Waals surface area contributed by atoms with E-state index < -0.39 is 0 Å². The van der Waals surface area contributed by atoms with Gasteiger partial charge in [-0.1, -0.05) is 18.2 Å². The van der Waals surface area contributed by atoms with Gasteiger partial charge in [0, 0.05) is 24.7 Å². The summed E-state index contributed by atoms with van der Waals surface area (Å²) in [5, 5.41) is 7.22. The van der Waals surface area contributed by atoms with Gasteiger partial charge in [-0.25, -0.2) is 4.98 Å². The molecule has 3 aromatic rings. The van der Waals surface area contributed by atoms with E-state index >= 15 is 0 Å². The zero-order valence-electron chi connectivity index (χ0n) is 14.4. The van der Waals surface area contributed by atoms with Crippen LogP contribution < -0.4 is 10.6 Å². The summed E-state index contributed by atoms with van der Waals surface area (Å²) in [6.45, 7) is 1.38. The Hall–Kier alpha value is -2.99. The van der Waals surface area contributed by atoms with Crippen molar-refractivity contribution in [2.24, 2.45) is 0 Å². The molecule has 128 valence electrons. The van der Waals surface area contributed by atoms with E-state index in [1.165, 1.54) is 0 Å². The summed E-state index contributed by atoms with van der Waals surface area (Å²) in [6.07, 6.45) is 3.43. The molecule has 1 amide bonds. The van der Waals surface area contributed by atoms with Crippen LogP contribution in [0.25, 0.3) is 10.9 Å². The number of hydrogen-bond acceptors (Lipinski definition) is 5. The molecule has 0 saturated carbocycles. The maximum absolute atomic E-state index is 12.0. The van der Waals surface area contributed by atoms with E-state index in [0.29, 0.717) is 12.2 Å². The Kier molecular flexibility index (Phi) is 5.20. The first-order valence-corrected chi connectivity index (χ1v) is 8.13. The molecule has 6 heteroatoms. The highest BCUT2D eigenvalue weighted by atomic mass is 16.1. The molecule has 0 aliphatic heterocycles. The first-order chi connectivity index (χ1) is 12.1. The van der Waals surface area contributed by atoms with Crippen molar-refractivity contribution in [1.29, 1.82) is 0 Å². The first kappa shape index (κ1) is 16.9. The lowest BCUT2D eigenvalue weighted by atomic mass is 10.2. The van der Waals surface area contributed by atoms with Crippen LogP contribution in [0.4, 0.5) is 11.4 Å². The largest absolute Gasteiger partial charge is 0.352 e. The third-order valence-electron chi connectivity index (χ3n) is 3.75. The second kappa shape index (κ2) is 7.72. The van der Waals surface area contributed by atoms with Gasteiger partial charge < -0.3 is 15.5 Å². The lowest BCUT2D eigenvalue weighted by Gasteiger charge is -2.11. The smallest absolute Gasteiger partial charge is 0.269 e. The molecule has 0 saturated heterocycles. The van der Waals surface area contributed by atoms with Gasteiger partial charge in [-0.3, -0.25) is 9.78 Å².